The summed E-state index contributed by atoms with van der Waals surface area (Å²) >= 11 is 6.35. The Morgan fingerprint density at radius 2 is 2.04 bits per heavy atom. The van der Waals surface area contributed by atoms with Crippen molar-refractivity contribution < 1.29 is 9.47 Å². The lowest BCUT2D eigenvalue weighted by molar-refractivity contribution is 0.103. The van der Waals surface area contributed by atoms with E-state index in [1.807, 2.05) is 49.4 Å². The van der Waals surface area contributed by atoms with Gasteiger partial charge in [-0.2, -0.15) is 5.10 Å². The van der Waals surface area contributed by atoms with E-state index in [2.05, 4.69) is 15.9 Å². The highest BCUT2D eigenvalue weighted by Crippen LogP contribution is 2.23. The lowest BCUT2D eigenvalue weighted by Gasteiger charge is -2.08. The van der Waals surface area contributed by atoms with Crippen LogP contribution in [0.3, 0.4) is 0 Å². The fourth-order valence-corrected chi connectivity index (χ4v) is 3.14. The van der Waals surface area contributed by atoms with Crippen LogP contribution in [0.5, 0.6) is 0 Å². The summed E-state index contributed by atoms with van der Waals surface area (Å²) in [7, 11) is 0. The molecule has 5 nitrogen and oxygen atoms in total. The summed E-state index contributed by atoms with van der Waals surface area (Å²) in [6.07, 6.45) is 5.66. The first-order valence-corrected chi connectivity index (χ1v) is 9.47. The highest BCUT2D eigenvalue weighted by atomic mass is 32.1. The Labute approximate surface area is 163 Å². The van der Waals surface area contributed by atoms with Crippen molar-refractivity contribution in [3.63, 3.8) is 0 Å². The van der Waals surface area contributed by atoms with Crippen molar-refractivity contribution in [2.45, 2.75) is 26.7 Å². The molecule has 1 heterocycles. The van der Waals surface area contributed by atoms with E-state index in [0.29, 0.717) is 26.4 Å². The van der Waals surface area contributed by atoms with Crippen LogP contribution in [0.25, 0.3) is 0 Å². The van der Waals surface area contributed by atoms with Gasteiger partial charge in [0.15, 0.2) is 5.11 Å². The van der Waals surface area contributed by atoms with Crippen molar-refractivity contribution in [3.05, 3.63) is 69.4 Å². The molecule has 2 rings (SSSR count). The molecule has 2 aromatic rings. The van der Waals surface area contributed by atoms with Gasteiger partial charge in [-0.05, 0) is 35.6 Å². The predicted molar refractivity (Wildman–Crippen MR) is 111 cm³/mol. The Bertz CT molecular complexity index is 742. The van der Waals surface area contributed by atoms with Crippen LogP contribution in [-0.4, -0.2) is 17.9 Å². The van der Waals surface area contributed by atoms with Gasteiger partial charge in [0, 0.05) is 5.56 Å². The van der Waals surface area contributed by atoms with Crippen molar-refractivity contribution in [2.75, 3.05) is 6.61 Å². The van der Waals surface area contributed by atoms with Gasteiger partial charge >= 0.3 is 0 Å². The standard InChI is InChI=1S/C19H23N3O2S2/c1-2-3-9-23-12-16-14-26-18(10-21-22-19(20)25)17(16)13-24-11-15-7-5-4-6-8-15/h2-8,10,14H,9,11-13H2,1H3,(H3,20,22,25)/b3-2+,21-10+. The SMILES string of the molecule is C/C=C/COCc1csc(/C=N/NC(N)=S)c1COCc1ccccc1. The molecule has 7 heteroatoms. The quantitative estimate of drug-likeness (QED) is 0.213. The van der Waals surface area contributed by atoms with Crippen molar-refractivity contribution >= 4 is 34.9 Å². The normalized spacial score (nSPS) is 11.4. The number of nitrogens with zero attached hydrogens (tertiary/aromatic N) is 1. The van der Waals surface area contributed by atoms with E-state index >= 15 is 0 Å². The van der Waals surface area contributed by atoms with Crippen LogP contribution in [0.2, 0.25) is 0 Å². The van der Waals surface area contributed by atoms with E-state index in [1.165, 1.54) is 0 Å². The number of rotatable bonds is 10. The molecule has 1 aromatic carbocycles. The molecule has 0 aliphatic rings. The third kappa shape index (κ3) is 7.05. The maximum absolute atomic E-state index is 5.90. The van der Waals surface area contributed by atoms with Crippen LogP contribution in [0.4, 0.5) is 0 Å². The number of hydrogen-bond acceptors (Lipinski definition) is 5. The molecule has 0 unspecified atom stereocenters. The summed E-state index contributed by atoms with van der Waals surface area (Å²) in [6, 6.07) is 10.1. The number of nitrogens with one attached hydrogen (secondary N) is 1. The van der Waals surface area contributed by atoms with Gasteiger partial charge < -0.3 is 15.2 Å². The van der Waals surface area contributed by atoms with Gasteiger partial charge in [-0.1, -0.05) is 42.5 Å². The van der Waals surface area contributed by atoms with Crippen LogP contribution in [0.1, 0.15) is 28.5 Å². The van der Waals surface area contributed by atoms with Gasteiger partial charge in [-0.15, -0.1) is 11.3 Å². The summed E-state index contributed by atoms with van der Waals surface area (Å²) in [5, 5.41) is 6.26. The highest BCUT2D eigenvalue weighted by molar-refractivity contribution is 7.80. The molecule has 0 radical (unpaired) electrons. The van der Waals surface area contributed by atoms with Crippen LogP contribution in [0.15, 0.2) is 53.0 Å². The zero-order valence-electron chi connectivity index (χ0n) is 14.7. The fourth-order valence-electron chi connectivity index (χ4n) is 2.16. The van der Waals surface area contributed by atoms with Gasteiger partial charge in [-0.3, -0.25) is 5.43 Å². The second kappa shape index (κ2) is 11.5. The lowest BCUT2D eigenvalue weighted by atomic mass is 10.1. The number of hydrazone groups is 1. The average Bonchev–Trinajstić information content (AvgIpc) is 3.01. The van der Waals surface area contributed by atoms with Crippen LogP contribution in [-0.2, 0) is 29.3 Å². The maximum Gasteiger partial charge on any atom is 0.184 e. The summed E-state index contributed by atoms with van der Waals surface area (Å²) in [5.74, 6) is 0. The van der Waals surface area contributed by atoms with Crippen molar-refractivity contribution in [2.24, 2.45) is 10.8 Å². The molecule has 0 atom stereocenters. The van der Waals surface area contributed by atoms with E-state index in [4.69, 9.17) is 27.4 Å². The highest BCUT2D eigenvalue weighted by Gasteiger charge is 2.11. The number of ether oxygens (including phenoxy) is 2. The third-order valence-electron chi connectivity index (χ3n) is 3.44. The third-order valence-corrected chi connectivity index (χ3v) is 4.53. The number of thiocarbonyl (C=S) groups is 1. The van der Waals surface area contributed by atoms with Crippen LogP contribution in [0, 0.1) is 0 Å². The largest absolute Gasteiger partial charge is 0.375 e. The van der Waals surface area contributed by atoms with Crippen LogP contribution < -0.4 is 11.2 Å². The molecule has 0 aliphatic heterocycles. The molecule has 0 amide bonds. The molecule has 0 bridgehead atoms. The Kier molecular flexibility index (Phi) is 8.99. The number of allylic oxidation sites excluding steroid dienone is 1. The van der Waals surface area contributed by atoms with Crippen molar-refractivity contribution in [1.82, 2.24) is 5.43 Å². The smallest absolute Gasteiger partial charge is 0.184 e. The van der Waals surface area contributed by atoms with Crippen LogP contribution >= 0.6 is 23.6 Å². The van der Waals surface area contributed by atoms with Crippen molar-refractivity contribution in [1.29, 1.82) is 0 Å². The van der Waals surface area contributed by atoms with Crippen molar-refractivity contribution in [3.8, 4) is 0 Å². The fraction of sp³-hybridized carbons (Fsp3) is 0.263. The molecule has 0 saturated heterocycles. The molecule has 26 heavy (non-hydrogen) atoms. The summed E-state index contributed by atoms with van der Waals surface area (Å²) < 4.78 is 11.6. The first kappa shape index (κ1) is 20.3. The molecule has 0 aliphatic carbocycles. The first-order valence-electron chi connectivity index (χ1n) is 8.19. The Morgan fingerprint density at radius 3 is 2.77 bits per heavy atom. The summed E-state index contributed by atoms with van der Waals surface area (Å²) in [5.41, 5.74) is 11.3. The van der Waals surface area contributed by atoms with E-state index < -0.39 is 0 Å². The molecular weight excluding hydrogens is 366 g/mol. The minimum atomic E-state index is 0.134. The second-order valence-corrected chi connectivity index (χ2v) is 6.75. The topological polar surface area (TPSA) is 68.9 Å². The van der Waals surface area contributed by atoms with Gasteiger partial charge in [0.25, 0.3) is 0 Å². The molecule has 0 saturated carbocycles. The van der Waals surface area contributed by atoms with E-state index in [1.54, 1.807) is 17.6 Å². The maximum atomic E-state index is 5.90. The molecule has 1 aromatic heterocycles. The van der Waals surface area contributed by atoms with Gasteiger partial charge in [0.05, 0.1) is 37.5 Å². The Hall–Kier alpha value is -2.06. The minimum absolute atomic E-state index is 0.134. The van der Waals surface area contributed by atoms with Gasteiger partial charge in [0.2, 0.25) is 0 Å². The Morgan fingerprint density at radius 1 is 1.23 bits per heavy atom. The summed E-state index contributed by atoms with van der Waals surface area (Å²) in [6.45, 7) is 4.12. The van der Waals surface area contributed by atoms with Gasteiger partial charge in [-0.25, -0.2) is 0 Å². The number of nitrogens with two attached hydrogens (primary N) is 1. The zero-order chi connectivity index (χ0) is 18.6. The van der Waals surface area contributed by atoms with Gasteiger partial charge in [0.1, 0.15) is 0 Å². The average molecular weight is 390 g/mol. The summed E-state index contributed by atoms with van der Waals surface area (Å²) in [4.78, 5) is 0.992. The molecule has 3 N–H and O–H groups in total. The van der Waals surface area contributed by atoms with E-state index in [-0.39, 0.29) is 5.11 Å². The number of thiophene rings is 1. The minimum Gasteiger partial charge on any atom is -0.375 e. The molecule has 138 valence electrons. The Balaban J connectivity index is 2.03. The van der Waals surface area contributed by atoms with E-state index in [9.17, 15) is 0 Å². The van der Waals surface area contributed by atoms with E-state index in [0.717, 1.165) is 21.6 Å². The number of hydrogen-bond donors (Lipinski definition) is 2. The molecule has 0 fully saturated rings. The zero-order valence-corrected chi connectivity index (χ0v) is 16.3. The number of benzene rings is 1. The molecular formula is C19H23N3O2S2. The first-order chi connectivity index (χ1) is 12.7. The molecule has 0 spiro atoms. The lowest BCUT2D eigenvalue weighted by Crippen LogP contribution is -2.24. The second-order valence-electron chi connectivity index (χ2n) is 5.40. The monoisotopic (exact) mass is 389 g/mol. The predicted octanol–water partition coefficient (Wildman–Crippen LogP) is 3.72.